The highest BCUT2D eigenvalue weighted by Gasteiger charge is 2.30. The second-order valence-corrected chi connectivity index (χ2v) is 4.85. The van der Waals surface area contributed by atoms with E-state index in [0.717, 1.165) is 30.3 Å². The molecule has 0 amide bonds. The molecule has 0 spiro atoms. The molecule has 0 heterocycles. The first-order valence-corrected chi connectivity index (χ1v) is 6.29. The van der Waals surface area contributed by atoms with Crippen molar-refractivity contribution < 1.29 is 22.4 Å². The maximum Gasteiger partial charge on any atom is 0.416 e. The van der Waals surface area contributed by atoms with Crippen molar-refractivity contribution in [1.82, 2.24) is 0 Å². The van der Waals surface area contributed by atoms with Crippen LogP contribution in [0.25, 0.3) is 0 Å². The van der Waals surface area contributed by atoms with E-state index >= 15 is 0 Å². The summed E-state index contributed by atoms with van der Waals surface area (Å²) in [6, 6.07) is 7.60. The second kappa shape index (κ2) is 5.85. The zero-order valence-electron chi connectivity index (χ0n) is 10.5. The molecule has 0 saturated heterocycles. The van der Waals surface area contributed by atoms with Crippen LogP contribution in [-0.4, -0.2) is 5.78 Å². The molecular weight excluding hydrogens is 308 g/mol. The van der Waals surface area contributed by atoms with Crippen LogP contribution < -0.4 is 0 Å². The van der Waals surface area contributed by atoms with Gasteiger partial charge < -0.3 is 0 Å². The lowest BCUT2D eigenvalue weighted by Gasteiger charge is -2.07. The molecule has 6 heteroatoms. The summed E-state index contributed by atoms with van der Waals surface area (Å²) < 4.78 is 50.8. The Morgan fingerprint density at radius 3 is 2.24 bits per heavy atom. The van der Waals surface area contributed by atoms with Gasteiger partial charge in [0.25, 0.3) is 0 Å². The fourth-order valence-electron chi connectivity index (χ4n) is 1.80. The van der Waals surface area contributed by atoms with Gasteiger partial charge in [-0.05, 0) is 35.9 Å². The Balaban J connectivity index is 2.19. The molecular formula is C15H9ClF4O. The summed E-state index contributed by atoms with van der Waals surface area (Å²) in [7, 11) is 0. The van der Waals surface area contributed by atoms with E-state index in [1.165, 1.54) is 12.1 Å². The SMILES string of the molecule is O=C(Cc1cc(Cl)ccc1F)c1ccc(C(F)(F)F)cc1. The number of benzene rings is 2. The fourth-order valence-corrected chi connectivity index (χ4v) is 1.99. The highest BCUT2D eigenvalue weighted by molar-refractivity contribution is 6.30. The van der Waals surface area contributed by atoms with E-state index in [1.807, 2.05) is 0 Å². The molecule has 2 aromatic rings. The Kier molecular flexibility index (Phi) is 4.32. The zero-order chi connectivity index (χ0) is 15.6. The maximum absolute atomic E-state index is 13.5. The lowest BCUT2D eigenvalue weighted by molar-refractivity contribution is -0.137. The highest BCUT2D eigenvalue weighted by atomic mass is 35.5. The molecule has 0 aliphatic rings. The van der Waals surface area contributed by atoms with Gasteiger partial charge in [0.1, 0.15) is 5.82 Å². The van der Waals surface area contributed by atoms with Gasteiger partial charge in [0.05, 0.1) is 5.56 Å². The number of rotatable bonds is 3. The molecule has 0 bridgehead atoms. The van der Waals surface area contributed by atoms with Gasteiger partial charge in [0.2, 0.25) is 0 Å². The molecule has 0 aliphatic heterocycles. The van der Waals surface area contributed by atoms with E-state index in [0.29, 0.717) is 0 Å². The van der Waals surface area contributed by atoms with Crippen LogP contribution in [0.2, 0.25) is 5.02 Å². The Hall–Kier alpha value is -1.88. The topological polar surface area (TPSA) is 17.1 Å². The van der Waals surface area contributed by atoms with Gasteiger partial charge in [-0.15, -0.1) is 0 Å². The number of Topliss-reactive ketones (excluding diaryl/α,β-unsaturated/α-hetero) is 1. The Labute approximate surface area is 123 Å². The minimum Gasteiger partial charge on any atom is -0.294 e. The summed E-state index contributed by atoms with van der Waals surface area (Å²) in [5.41, 5.74) is -0.650. The average Bonchev–Trinajstić information content (AvgIpc) is 2.42. The first kappa shape index (κ1) is 15.5. The summed E-state index contributed by atoms with van der Waals surface area (Å²) >= 11 is 5.71. The van der Waals surface area contributed by atoms with E-state index in [4.69, 9.17) is 11.6 Å². The molecule has 0 aromatic heterocycles. The summed E-state index contributed by atoms with van der Waals surface area (Å²) in [5.74, 6) is -1.07. The van der Waals surface area contributed by atoms with Gasteiger partial charge in [-0.2, -0.15) is 13.2 Å². The number of alkyl halides is 3. The summed E-state index contributed by atoms with van der Waals surface area (Å²) in [6.07, 6.45) is -4.72. The lowest BCUT2D eigenvalue weighted by atomic mass is 10.0. The summed E-state index contributed by atoms with van der Waals surface area (Å²) in [4.78, 5) is 11.9. The Morgan fingerprint density at radius 1 is 1.05 bits per heavy atom. The normalized spacial score (nSPS) is 11.5. The number of halogens is 5. The first-order valence-electron chi connectivity index (χ1n) is 5.92. The van der Waals surface area contributed by atoms with E-state index in [1.54, 1.807) is 0 Å². The summed E-state index contributed by atoms with van der Waals surface area (Å²) in [6.45, 7) is 0. The molecule has 0 N–H and O–H groups in total. The molecule has 0 atom stereocenters. The van der Waals surface area contributed by atoms with Crippen LogP contribution in [0.1, 0.15) is 21.5 Å². The number of hydrogen-bond donors (Lipinski definition) is 0. The third-order valence-corrected chi connectivity index (χ3v) is 3.13. The monoisotopic (exact) mass is 316 g/mol. The van der Waals surface area contributed by atoms with Crippen molar-refractivity contribution in [2.45, 2.75) is 12.6 Å². The lowest BCUT2D eigenvalue weighted by Crippen LogP contribution is -2.08. The van der Waals surface area contributed by atoms with E-state index in [-0.39, 0.29) is 22.6 Å². The van der Waals surface area contributed by atoms with E-state index in [2.05, 4.69) is 0 Å². The van der Waals surface area contributed by atoms with Crippen molar-refractivity contribution in [2.75, 3.05) is 0 Å². The van der Waals surface area contributed by atoms with Gasteiger partial charge in [0, 0.05) is 17.0 Å². The molecule has 1 nitrogen and oxygen atoms in total. The fraction of sp³-hybridized carbons (Fsp3) is 0.133. The summed E-state index contributed by atoms with van der Waals surface area (Å²) in [5, 5.41) is 0.284. The second-order valence-electron chi connectivity index (χ2n) is 4.41. The van der Waals surface area contributed by atoms with E-state index in [9.17, 15) is 22.4 Å². The van der Waals surface area contributed by atoms with Gasteiger partial charge in [-0.3, -0.25) is 4.79 Å². The molecule has 110 valence electrons. The van der Waals surface area contributed by atoms with Crippen molar-refractivity contribution in [3.8, 4) is 0 Å². The molecule has 0 aliphatic carbocycles. The molecule has 2 rings (SSSR count). The minimum atomic E-state index is -4.46. The highest BCUT2D eigenvalue weighted by Crippen LogP contribution is 2.29. The smallest absolute Gasteiger partial charge is 0.294 e. The van der Waals surface area contributed by atoms with Crippen molar-refractivity contribution in [3.05, 3.63) is 70.0 Å². The Bertz CT molecular complexity index is 662. The van der Waals surface area contributed by atoms with Crippen molar-refractivity contribution in [3.63, 3.8) is 0 Å². The first-order chi connectivity index (χ1) is 9.77. The van der Waals surface area contributed by atoms with E-state index < -0.39 is 23.3 Å². The van der Waals surface area contributed by atoms with Crippen LogP contribution in [0.4, 0.5) is 17.6 Å². The molecule has 0 fully saturated rings. The third kappa shape index (κ3) is 3.82. The van der Waals surface area contributed by atoms with Crippen LogP contribution in [0.5, 0.6) is 0 Å². The standard InChI is InChI=1S/C15H9ClF4O/c16-12-5-6-13(17)10(7-12)8-14(21)9-1-3-11(4-2-9)15(18,19)20/h1-7H,8H2. The largest absolute Gasteiger partial charge is 0.416 e. The molecule has 2 aromatic carbocycles. The maximum atomic E-state index is 13.5. The van der Waals surface area contributed by atoms with Gasteiger partial charge in [0.15, 0.2) is 5.78 Å². The van der Waals surface area contributed by atoms with Crippen LogP contribution in [-0.2, 0) is 12.6 Å². The predicted molar refractivity (Wildman–Crippen MR) is 70.9 cm³/mol. The Morgan fingerprint density at radius 2 is 1.67 bits per heavy atom. The van der Waals surface area contributed by atoms with Gasteiger partial charge in [-0.1, -0.05) is 23.7 Å². The van der Waals surface area contributed by atoms with Crippen LogP contribution >= 0.6 is 11.6 Å². The predicted octanol–water partition coefficient (Wildman–Crippen LogP) is 4.92. The van der Waals surface area contributed by atoms with Crippen LogP contribution in [0, 0.1) is 5.82 Å². The number of hydrogen-bond acceptors (Lipinski definition) is 1. The van der Waals surface area contributed by atoms with Crippen LogP contribution in [0.15, 0.2) is 42.5 Å². The van der Waals surface area contributed by atoms with Gasteiger partial charge >= 0.3 is 6.18 Å². The van der Waals surface area contributed by atoms with Crippen molar-refractivity contribution in [2.24, 2.45) is 0 Å². The minimum absolute atomic E-state index is 0.0855. The molecule has 21 heavy (non-hydrogen) atoms. The molecule has 0 unspecified atom stereocenters. The zero-order valence-corrected chi connectivity index (χ0v) is 11.3. The number of carbonyl (C=O) groups is 1. The molecule has 0 radical (unpaired) electrons. The molecule has 0 saturated carbocycles. The van der Waals surface area contributed by atoms with Gasteiger partial charge in [-0.25, -0.2) is 4.39 Å². The third-order valence-electron chi connectivity index (χ3n) is 2.89. The average molecular weight is 317 g/mol. The number of carbonyl (C=O) groups excluding carboxylic acids is 1. The quantitative estimate of drug-likeness (QED) is 0.580. The van der Waals surface area contributed by atoms with Crippen LogP contribution in [0.3, 0.4) is 0 Å². The van der Waals surface area contributed by atoms with Crippen molar-refractivity contribution in [1.29, 1.82) is 0 Å². The number of ketones is 1. The van der Waals surface area contributed by atoms with Crippen molar-refractivity contribution >= 4 is 17.4 Å².